The number of aliphatic hydroxyl groups is 1. The molecule has 1 aromatic carbocycles. The van der Waals surface area contributed by atoms with E-state index >= 15 is 0 Å². The maximum absolute atomic E-state index is 10.4. The molecule has 4 nitrogen and oxygen atoms in total. The molecule has 0 atom stereocenters. The van der Waals surface area contributed by atoms with Crippen molar-refractivity contribution in [2.45, 2.75) is 0 Å². The SMILES string of the molecule is N=C1C(c2nc(-c3cccs3)cs2)=C(O)CN1c1cccc(Br)c1. The lowest BCUT2D eigenvalue weighted by atomic mass is 10.2. The fourth-order valence-electron chi connectivity index (χ4n) is 2.59. The largest absolute Gasteiger partial charge is 0.510 e. The Hall–Kier alpha value is -1.96. The smallest absolute Gasteiger partial charge is 0.139 e. The van der Waals surface area contributed by atoms with Crippen LogP contribution in [-0.4, -0.2) is 22.5 Å². The van der Waals surface area contributed by atoms with Gasteiger partial charge in [0, 0.05) is 15.5 Å². The monoisotopic (exact) mass is 417 g/mol. The summed E-state index contributed by atoms with van der Waals surface area (Å²) in [5.41, 5.74) is 2.27. The number of rotatable bonds is 3. The van der Waals surface area contributed by atoms with Crippen LogP contribution in [0.15, 0.2) is 57.4 Å². The van der Waals surface area contributed by atoms with Gasteiger partial charge in [0.1, 0.15) is 16.6 Å². The van der Waals surface area contributed by atoms with Crippen molar-refractivity contribution < 1.29 is 5.11 Å². The number of benzene rings is 1. The summed E-state index contributed by atoms with van der Waals surface area (Å²) in [6.45, 7) is 0.290. The first-order valence-corrected chi connectivity index (χ1v) is 9.72. The van der Waals surface area contributed by atoms with Crippen LogP contribution in [0.2, 0.25) is 0 Å². The van der Waals surface area contributed by atoms with Gasteiger partial charge < -0.3 is 10.0 Å². The van der Waals surface area contributed by atoms with Crippen LogP contribution in [0.25, 0.3) is 16.1 Å². The molecule has 0 amide bonds. The molecule has 0 unspecified atom stereocenters. The van der Waals surface area contributed by atoms with E-state index in [0.29, 0.717) is 17.1 Å². The Kier molecular flexibility index (Phi) is 3.99. The van der Waals surface area contributed by atoms with Gasteiger partial charge in [-0.15, -0.1) is 22.7 Å². The first-order chi connectivity index (χ1) is 11.6. The van der Waals surface area contributed by atoms with E-state index in [1.54, 1.807) is 16.2 Å². The molecule has 0 spiro atoms. The predicted molar refractivity (Wildman–Crippen MR) is 104 cm³/mol. The van der Waals surface area contributed by atoms with Crippen molar-refractivity contribution in [3.63, 3.8) is 0 Å². The number of halogens is 1. The Bertz CT molecular complexity index is 946. The van der Waals surface area contributed by atoms with Gasteiger partial charge in [0.15, 0.2) is 0 Å². The van der Waals surface area contributed by atoms with Crippen molar-refractivity contribution in [1.82, 2.24) is 4.98 Å². The minimum absolute atomic E-state index is 0.187. The quantitative estimate of drug-likeness (QED) is 0.599. The van der Waals surface area contributed by atoms with Crippen molar-refractivity contribution in [1.29, 1.82) is 5.41 Å². The summed E-state index contributed by atoms with van der Waals surface area (Å²) in [7, 11) is 0. The topological polar surface area (TPSA) is 60.2 Å². The van der Waals surface area contributed by atoms with E-state index in [1.165, 1.54) is 11.3 Å². The lowest BCUT2D eigenvalue weighted by Gasteiger charge is -2.18. The first kappa shape index (κ1) is 15.6. The maximum atomic E-state index is 10.4. The molecule has 0 fully saturated rings. The van der Waals surface area contributed by atoms with E-state index in [9.17, 15) is 5.11 Å². The molecule has 24 heavy (non-hydrogen) atoms. The highest BCUT2D eigenvalue weighted by Crippen LogP contribution is 2.35. The zero-order valence-corrected chi connectivity index (χ0v) is 15.6. The van der Waals surface area contributed by atoms with E-state index in [1.807, 2.05) is 47.2 Å². The number of anilines is 1. The number of thiophene rings is 1. The van der Waals surface area contributed by atoms with Crippen LogP contribution >= 0.6 is 38.6 Å². The Morgan fingerprint density at radius 2 is 2.08 bits per heavy atom. The van der Waals surface area contributed by atoms with Gasteiger partial charge in [0.25, 0.3) is 0 Å². The summed E-state index contributed by atoms with van der Waals surface area (Å²) in [6.07, 6.45) is 0. The number of amidine groups is 1. The van der Waals surface area contributed by atoms with E-state index in [-0.39, 0.29) is 11.6 Å². The Labute approximate surface area is 155 Å². The lowest BCUT2D eigenvalue weighted by molar-refractivity contribution is 0.411. The number of hydrogen-bond acceptors (Lipinski definition) is 5. The van der Waals surface area contributed by atoms with Gasteiger partial charge in [-0.3, -0.25) is 5.41 Å². The van der Waals surface area contributed by atoms with Gasteiger partial charge in [-0.05, 0) is 29.6 Å². The lowest BCUT2D eigenvalue weighted by Crippen LogP contribution is -2.25. The molecule has 4 rings (SSSR count). The summed E-state index contributed by atoms with van der Waals surface area (Å²) < 4.78 is 0.940. The van der Waals surface area contributed by atoms with Crippen molar-refractivity contribution in [2.24, 2.45) is 0 Å². The van der Waals surface area contributed by atoms with Crippen molar-refractivity contribution >= 4 is 55.7 Å². The minimum Gasteiger partial charge on any atom is -0.510 e. The second-order valence-corrected chi connectivity index (χ2v) is 7.97. The Balaban J connectivity index is 1.67. The van der Waals surface area contributed by atoms with Gasteiger partial charge in [0.2, 0.25) is 0 Å². The van der Waals surface area contributed by atoms with E-state index in [2.05, 4.69) is 20.9 Å². The zero-order chi connectivity index (χ0) is 16.7. The highest BCUT2D eigenvalue weighted by molar-refractivity contribution is 9.10. The first-order valence-electron chi connectivity index (χ1n) is 7.17. The number of nitrogens with zero attached hydrogens (tertiary/aromatic N) is 2. The molecule has 0 bridgehead atoms. The fourth-order valence-corrected chi connectivity index (χ4v) is 4.63. The van der Waals surface area contributed by atoms with Crippen LogP contribution in [0, 0.1) is 5.41 Å². The molecule has 3 heterocycles. The van der Waals surface area contributed by atoms with Crippen LogP contribution in [0.4, 0.5) is 5.69 Å². The van der Waals surface area contributed by atoms with Crippen molar-refractivity contribution in [2.75, 3.05) is 11.4 Å². The number of nitrogens with one attached hydrogen (secondary N) is 1. The highest BCUT2D eigenvalue weighted by Gasteiger charge is 2.31. The number of aliphatic hydroxyl groups excluding tert-OH is 1. The molecule has 0 saturated carbocycles. The van der Waals surface area contributed by atoms with Crippen molar-refractivity contribution in [3.05, 3.63) is 62.4 Å². The average Bonchev–Trinajstić information content (AvgIpc) is 3.27. The van der Waals surface area contributed by atoms with Gasteiger partial charge in [0.05, 0.1) is 22.7 Å². The normalized spacial score (nSPS) is 14.7. The molecule has 3 aromatic rings. The molecule has 0 aliphatic carbocycles. The zero-order valence-electron chi connectivity index (χ0n) is 12.4. The van der Waals surface area contributed by atoms with Crippen LogP contribution in [0.5, 0.6) is 0 Å². The summed E-state index contributed by atoms with van der Waals surface area (Å²) in [6, 6.07) is 11.7. The van der Waals surface area contributed by atoms with Gasteiger partial charge in [-0.2, -0.15) is 0 Å². The van der Waals surface area contributed by atoms with E-state index < -0.39 is 0 Å². The molecule has 1 aliphatic heterocycles. The molecular formula is C17H12BrN3OS2. The maximum Gasteiger partial charge on any atom is 0.139 e. The second kappa shape index (κ2) is 6.16. The molecule has 2 N–H and O–H groups in total. The van der Waals surface area contributed by atoms with Gasteiger partial charge >= 0.3 is 0 Å². The molecule has 7 heteroatoms. The summed E-state index contributed by atoms with van der Waals surface area (Å²) in [4.78, 5) is 7.48. The number of thiazole rings is 1. The predicted octanol–water partition coefficient (Wildman–Crippen LogP) is 5.40. The highest BCUT2D eigenvalue weighted by atomic mass is 79.9. The fraction of sp³-hybridized carbons (Fsp3) is 0.0588. The molecule has 2 aromatic heterocycles. The third-order valence-corrected chi connectivity index (χ3v) is 5.96. The van der Waals surface area contributed by atoms with Crippen molar-refractivity contribution in [3.8, 4) is 10.6 Å². The third-order valence-electron chi connectivity index (χ3n) is 3.71. The average molecular weight is 418 g/mol. The standard InChI is InChI=1S/C17H12BrN3OS2/c18-10-3-1-4-11(7-10)21-8-13(22)15(16(21)19)17-20-12(9-24-17)14-5-2-6-23-14/h1-7,9,19,22H,8H2. The van der Waals surface area contributed by atoms with Crippen LogP contribution < -0.4 is 4.90 Å². The van der Waals surface area contributed by atoms with E-state index in [0.717, 1.165) is 20.7 Å². The van der Waals surface area contributed by atoms with Gasteiger partial charge in [-0.25, -0.2) is 4.98 Å². The molecule has 0 saturated heterocycles. The summed E-state index contributed by atoms with van der Waals surface area (Å²) in [5, 5.41) is 23.6. The molecule has 1 aliphatic rings. The Morgan fingerprint density at radius 1 is 1.21 bits per heavy atom. The summed E-state index contributed by atoms with van der Waals surface area (Å²) in [5.74, 6) is 0.463. The summed E-state index contributed by atoms with van der Waals surface area (Å²) >= 11 is 6.53. The Morgan fingerprint density at radius 3 is 2.83 bits per heavy atom. The van der Waals surface area contributed by atoms with Crippen LogP contribution in [-0.2, 0) is 0 Å². The van der Waals surface area contributed by atoms with Crippen LogP contribution in [0.1, 0.15) is 5.01 Å². The van der Waals surface area contributed by atoms with E-state index in [4.69, 9.17) is 5.41 Å². The number of aromatic nitrogens is 1. The number of hydrogen-bond donors (Lipinski definition) is 2. The molecular weight excluding hydrogens is 406 g/mol. The second-order valence-electron chi connectivity index (χ2n) is 5.25. The minimum atomic E-state index is 0.187. The third kappa shape index (κ3) is 2.68. The van der Waals surface area contributed by atoms with Crippen LogP contribution in [0.3, 0.4) is 0 Å². The molecule has 120 valence electrons. The molecule has 0 radical (unpaired) electrons. The van der Waals surface area contributed by atoms with Gasteiger partial charge in [-0.1, -0.05) is 28.1 Å².